The van der Waals surface area contributed by atoms with E-state index in [2.05, 4.69) is 34.6 Å². The van der Waals surface area contributed by atoms with Crippen LogP contribution in [0.1, 0.15) is 39.2 Å². The summed E-state index contributed by atoms with van der Waals surface area (Å²) in [6, 6.07) is 7.62. The molecule has 0 saturated carbocycles. The molecule has 0 spiro atoms. The average molecular weight is 457 g/mol. The van der Waals surface area contributed by atoms with E-state index in [1.807, 2.05) is 35.9 Å². The first-order valence-corrected chi connectivity index (χ1v) is 12.2. The summed E-state index contributed by atoms with van der Waals surface area (Å²) in [7, 11) is 0. The van der Waals surface area contributed by atoms with Crippen LogP contribution in [-0.4, -0.2) is 51.1 Å². The van der Waals surface area contributed by atoms with Crippen LogP contribution in [0.25, 0.3) is 11.0 Å². The number of carbonyl (C=O) groups excluding carboxylic acids is 1. The van der Waals surface area contributed by atoms with E-state index in [0.29, 0.717) is 26.1 Å². The molecule has 0 radical (unpaired) electrons. The van der Waals surface area contributed by atoms with Gasteiger partial charge in [0.05, 0.1) is 31.2 Å². The van der Waals surface area contributed by atoms with Crippen molar-refractivity contribution >= 4 is 34.5 Å². The van der Waals surface area contributed by atoms with E-state index in [0.717, 1.165) is 58.5 Å². The lowest BCUT2D eigenvalue weighted by Gasteiger charge is -2.09. The number of amides is 1. The second-order valence-electron chi connectivity index (χ2n) is 7.34. The highest BCUT2D eigenvalue weighted by molar-refractivity contribution is 7.99. The number of thioether (sulfide) groups is 1. The fraction of sp³-hybridized carbons (Fsp3) is 0.478. The number of ether oxygens (including phenoxy) is 1. The number of hydrogen-bond donors (Lipinski definition) is 2. The molecule has 1 aromatic carbocycles. The number of fused-ring (bicyclic) bond motifs is 1. The molecule has 9 heteroatoms. The van der Waals surface area contributed by atoms with Crippen LogP contribution in [-0.2, 0) is 17.8 Å². The molecule has 172 valence electrons. The molecular weight excluding hydrogens is 424 g/mol. The topological polar surface area (TPSA) is 94.0 Å². The van der Waals surface area contributed by atoms with Gasteiger partial charge in [-0.2, -0.15) is 5.10 Å². The van der Waals surface area contributed by atoms with Crippen LogP contribution in [0.2, 0.25) is 0 Å². The van der Waals surface area contributed by atoms with Crippen LogP contribution >= 0.6 is 11.8 Å². The molecule has 0 saturated heterocycles. The quantitative estimate of drug-likeness (QED) is 0.297. The average Bonchev–Trinajstić information content (AvgIpc) is 3.20. The standard InChI is InChI=1S/C23H32N6O2S/c1-4-11-25-21-19-16-26-29(22(19)28-23(27-21)32-14-5-2)13-12-24-20(30)15-17-7-9-18(10-8-17)31-6-3/h7-10,16H,4-6,11-15H2,1-3H3,(H,24,30)(H,25,27,28). The van der Waals surface area contributed by atoms with Crippen molar-refractivity contribution < 1.29 is 9.53 Å². The van der Waals surface area contributed by atoms with Crippen molar-refractivity contribution in [1.82, 2.24) is 25.1 Å². The third-order valence-corrected chi connectivity index (χ3v) is 5.75. The summed E-state index contributed by atoms with van der Waals surface area (Å²) in [4.78, 5) is 21.7. The van der Waals surface area contributed by atoms with E-state index in [1.54, 1.807) is 18.0 Å². The van der Waals surface area contributed by atoms with Gasteiger partial charge in [-0.1, -0.05) is 37.7 Å². The zero-order valence-electron chi connectivity index (χ0n) is 19.1. The third-order valence-electron chi connectivity index (χ3n) is 4.70. The minimum atomic E-state index is -0.0234. The van der Waals surface area contributed by atoms with Crippen LogP contribution in [0.4, 0.5) is 5.82 Å². The molecule has 1 amide bonds. The molecule has 3 aromatic rings. The summed E-state index contributed by atoms with van der Waals surface area (Å²) in [6.45, 7) is 8.70. The van der Waals surface area contributed by atoms with Gasteiger partial charge in [0.1, 0.15) is 11.6 Å². The van der Waals surface area contributed by atoms with Crippen molar-refractivity contribution in [3.05, 3.63) is 36.0 Å². The SMILES string of the molecule is CCCNc1nc(SCCC)nc2c1cnn2CCNC(=O)Cc1ccc(OCC)cc1. The number of hydrogen-bond acceptors (Lipinski definition) is 7. The molecule has 2 heterocycles. The Kier molecular flexibility index (Phi) is 9.15. The molecule has 0 aliphatic rings. The number of rotatable bonds is 13. The Bertz CT molecular complexity index is 1010. The Balaban J connectivity index is 1.61. The summed E-state index contributed by atoms with van der Waals surface area (Å²) >= 11 is 1.65. The van der Waals surface area contributed by atoms with E-state index in [1.165, 1.54) is 0 Å². The molecule has 32 heavy (non-hydrogen) atoms. The van der Waals surface area contributed by atoms with Crippen LogP contribution < -0.4 is 15.4 Å². The van der Waals surface area contributed by atoms with Gasteiger partial charge in [-0.15, -0.1) is 0 Å². The number of nitrogens with one attached hydrogen (secondary N) is 2. The Morgan fingerprint density at radius 3 is 2.62 bits per heavy atom. The maximum Gasteiger partial charge on any atom is 0.224 e. The summed E-state index contributed by atoms with van der Waals surface area (Å²) < 4.78 is 7.28. The first kappa shape index (κ1) is 23.8. The first-order chi connectivity index (χ1) is 15.6. The van der Waals surface area contributed by atoms with Crippen molar-refractivity contribution in [1.29, 1.82) is 0 Å². The molecule has 0 bridgehead atoms. The largest absolute Gasteiger partial charge is 0.494 e. The van der Waals surface area contributed by atoms with Crippen molar-refractivity contribution in [2.45, 2.75) is 51.7 Å². The minimum Gasteiger partial charge on any atom is -0.494 e. The summed E-state index contributed by atoms with van der Waals surface area (Å²) in [5, 5.41) is 12.5. The molecule has 0 unspecified atom stereocenters. The fourth-order valence-corrected chi connectivity index (χ4v) is 3.85. The monoisotopic (exact) mass is 456 g/mol. The van der Waals surface area contributed by atoms with Crippen LogP contribution in [0.5, 0.6) is 5.75 Å². The molecule has 0 aliphatic heterocycles. The van der Waals surface area contributed by atoms with Crippen molar-refractivity contribution in [2.75, 3.05) is 30.8 Å². The van der Waals surface area contributed by atoms with E-state index in [-0.39, 0.29) is 5.91 Å². The van der Waals surface area contributed by atoms with Crippen molar-refractivity contribution in [3.8, 4) is 5.75 Å². The predicted molar refractivity (Wildman–Crippen MR) is 129 cm³/mol. The lowest BCUT2D eigenvalue weighted by molar-refractivity contribution is -0.120. The predicted octanol–water partition coefficient (Wildman–Crippen LogP) is 3.91. The van der Waals surface area contributed by atoms with Gasteiger partial charge >= 0.3 is 0 Å². The van der Waals surface area contributed by atoms with E-state index in [9.17, 15) is 4.79 Å². The van der Waals surface area contributed by atoms with Crippen LogP contribution in [0, 0.1) is 0 Å². The second-order valence-corrected chi connectivity index (χ2v) is 8.40. The number of benzene rings is 1. The Labute approximate surface area is 193 Å². The molecule has 8 nitrogen and oxygen atoms in total. The van der Waals surface area contributed by atoms with E-state index in [4.69, 9.17) is 9.72 Å². The van der Waals surface area contributed by atoms with Gasteiger partial charge in [0.25, 0.3) is 0 Å². The number of nitrogens with zero attached hydrogens (tertiary/aromatic N) is 4. The third kappa shape index (κ3) is 6.59. The molecule has 0 fully saturated rings. The second kappa shape index (κ2) is 12.3. The molecular formula is C23H32N6O2S. The Morgan fingerprint density at radius 1 is 1.09 bits per heavy atom. The molecule has 0 aliphatic carbocycles. The van der Waals surface area contributed by atoms with Gasteiger partial charge in [0.2, 0.25) is 5.91 Å². The maximum absolute atomic E-state index is 12.3. The highest BCUT2D eigenvalue weighted by Crippen LogP contribution is 2.24. The van der Waals surface area contributed by atoms with E-state index < -0.39 is 0 Å². The highest BCUT2D eigenvalue weighted by Gasteiger charge is 2.13. The Hall–Kier alpha value is -2.81. The molecule has 2 N–H and O–H groups in total. The smallest absolute Gasteiger partial charge is 0.224 e. The molecule has 3 rings (SSSR count). The lowest BCUT2D eigenvalue weighted by Crippen LogP contribution is -2.28. The van der Waals surface area contributed by atoms with Gasteiger partial charge in [-0.3, -0.25) is 4.79 Å². The normalized spacial score (nSPS) is 11.0. The first-order valence-electron chi connectivity index (χ1n) is 11.2. The van der Waals surface area contributed by atoms with Gasteiger partial charge in [0.15, 0.2) is 10.8 Å². The zero-order valence-corrected chi connectivity index (χ0v) is 19.9. The Morgan fingerprint density at radius 2 is 1.91 bits per heavy atom. The number of aromatic nitrogens is 4. The highest BCUT2D eigenvalue weighted by atomic mass is 32.2. The van der Waals surface area contributed by atoms with Crippen LogP contribution in [0.3, 0.4) is 0 Å². The lowest BCUT2D eigenvalue weighted by atomic mass is 10.1. The van der Waals surface area contributed by atoms with E-state index >= 15 is 0 Å². The van der Waals surface area contributed by atoms with Gasteiger partial charge in [-0.05, 0) is 37.5 Å². The van der Waals surface area contributed by atoms with Gasteiger partial charge in [0, 0.05) is 18.8 Å². The maximum atomic E-state index is 12.3. The number of carbonyl (C=O) groups is 1. The minimum absolute atomic E-state index is 0.0234. The summed E-state index contributed by atoms with van der Waals surface area (Å²) in [5.74, 6) is 2.58. The van der Waals surface area contributed by atoms with Crippen molar-refractivity contribution in [2.24, 2.45) is 0 Å². The van der Waals surface area contributed by atoms with Crippen LogP contribution in [0.15, 0.2) is 35.6 Å². The van der Waals surface area contributed by atoms with Crippen molar-refractivity contribution in [3.63, 3.8) is 0 Å². The van der Waals surface area contributed by atoms with Gasteiger partial charge in [-0.25, -0.2) is 14.6 Å². The molecule has 0 atom stereocenters. The number of anilines is 1. The molecule has 2 aromatic heterocycles. The zero-order chi connectivity index (χ0) is 22.8. The summed E-state index contributed by atoms with van der Waals surface area (Å²) in [5.41, 5.74) is 1.74. The van der Waals surface area contributed by atoms with Gasteiger partial charge < -0.3 is 15.4 Å². The summed E-state index contributed by atoms with van der Waals surface area (Å²) in [6.07, 6.45) is 4.20. The fourth-order valence-electron chi connectivity index (χ4n) is 3.15.